The predicted octanol–water partition coefficient (Wildman–Crippen LogP) is 2.77. The molecule has 1 aliphatic rings. The Morgan fingerprint density at radius 3 is 2.91 bits per heavy atom. The quantitative estimate of drug-likeness (QED) is 0.906. The number of nitriles is 1. The van der Waals surface area contributed by atoms with Gasteiger partial charge in [-0.3, -0.25) is 0 Å². The maximum absolute atomic E-state index is 9.68. The smallest absolute Gasteiger partial charge is 0.127 e. The van der Waals surface area contributed by atoms with E-state index in [0.717, 1.165) is 17.5 Å². The number of benzene rings is 1. The van der Waals surface area contributed by atoms with Crippen LogP contribution in [0, 0.1) is 17.2 Å². The summed E-state index contributed by atoms with van der Waals surface area (Å²) in [6.07, 6.45) is 5.84. The number of nitrogens with one attached hydrogen (secondary N) is 1. The summed E-state index contributed by atoms with van der Waals surface area (Å²) in [5, 5.41) is 13.6. The van der Waals surface area contributed by atoms with Crippen molar-refractivity contribution in [1.82, 2.24) is 15.3 Å². The summed E-state index contributed by atoms with van der Waals surface area (Å²) in [5.74, 6) is -0.0691. The molecule has 2 aromatic rings. The van der Waals surface area contributed by atoms with Gasteiger partial charge in [-0.1, -0.05) is 24.6 Å². The molecule has 0 bridgehead atoms. The fourth-order valence-electron chi connectivity index (χ4n) is 3.08. The molecule has 0 amide bonds. The number of halogens is 1. The van der Waals surface area contributed by atoms with E-state index in [0.29, 0.717) is 16.5 Å². The molecule has 1 aromatic carbocycles. The summed E-state index contributed by atoms with van der Waals surface area (Å²) in [6.45, 7) is 2.07. The second-order valence-electron chi connectivity index (χ2n) is 5.40. The molecule has 0 saturated carbocycles. The summed E-state index contributed by atoms with van der Waals surface area (Å²) in [7, 11) is 0. The van der Waals surface area contributed by atoms with E-state index in [2.05, 4.69) is 28.3 Å². The van der Waals surface area contributed by atoms with Gasteiger partial charge in [-0.15, -0.1) is 0 Å². The van der Waals surface area contributed by atoms with Crippen LogP contribution >= 0.6 is 11.6 Å². The van der Waals surface area contributed by atoms with Crippen molar-refractivity contribution in [2.24, 2.45) is 5.92 Å². The van der Waals surface area contributed by atoms with Gasteiger partial charge in [-0.25, -0.2) is 9.97 Å². The lowest BCUT2D eigenvalue weighted by molar-refractivity contribution is 0.412. The standard InChI is InChI=1S/C17H16ClN5/c1-2-11-3-4-13(18)7-14(11)17(12(9-19)5-6-23-17)15-8-16(20)22-10-21-15/h3-8,10,12,23H,2H2,1H3,(H2,20,21,22). The third kappa shape index (κ3) is 2.41. The first-order chi connectivity index (χ1) is 11.1. The Hall–Kier alpha value is -2.58. The molecule has 6 heteroatoms. The van der Waals surface area contributed by atoms with Crippen LogP contribution in [0.1, 0.15) is 23.7 Å². The highest BCUT2D eigenvalue weighted by atomic mass is 35.5. The third-order valence-electron chi connectivity index (χ3n) is 4.18. The number of anilines is 1. The van der Waals surface area contributed by atoms with Crippen LogP contribution in [0.2, 0.25) is 5.02 Å². The van der Waals surface area contributed by atoms with Crippen molar-refractivity contribution >= 4 is 17.4 Å². The fourth-order valence-corrected chi connectivity index (χ4v) is 3.25. The zero-order valence-electron chi connectivity index (χ0n) is 12.6. The molecule has 116 valence electrons. The van der Waals surface area contributed by atoms with Crippen molar-refractivity contribution < 1.29 is 0 Å². The number of hydrogen-bond donors (Lipinski definition) is 2. The van der Waals surface area contributed by atoms with E-state index in [-0.39, 0.29) is 0 Å². The average molecular weight is 326 g/mol. The minimum atomic E-state index is -0.817. The van der Waals surface area contributed by atoms with Crippen molar-refractivity contribution in [3.05, 3.63) is 64.7 Å². The molecular formula is C17H16ClN5. The van der Waals surface area contributed by atoms with Gasteiger partial charge in [0.15, 0.2) is 0 Å². The summed E-state index contributed by atoms with van der Waals surface area (Å²) >= 11 is 6.24. The zero-order valence-corrected chi connectivity index (χ0v) is 13.4. The van der Waals surface area contributed by atoms with Crippen LogP contribution in [0.5, 0.6) is 0 Å². The molecule has 1 aliphatic heterocycles. The first-order valence-corrected chi connectivity index (χ1v) is 7.70. The van der Waals surface area contributed by atoms with Crippen molar-refractivity contribution in [1.29, 1.82) is 5.26 Å². The topological polar surface area (TPSA) is 87.6 Å². The molecule has 5 nitrogen and oxygen atoms in total. The van der Waals surface area contributed by atoms with Crippen molar-refractivity contribution in [2.45, 2.75) is 18.9 Å². The van der Waals surface area contributed by atoms with E-state index in [4.69, 9.17) is 17.3 Å². The Labute approximate surface area is 139 Å². The minimum Gasteiger partial charge on any atom is -0.384 e. The number of aromatic nitrogens is 2. The second kappa shape index (κ2) is 5.90. The molecule has 0 saturated heterocycles. The van der Waals surface area contributed by atoms with E-state index < -0.39 is 11.5 Å². The Balaban J connectivity index is 2.31. The number of aryl methyl sites for hydroxylation is 1. The van der Waals surface area contributed by atoms with Gasteiger partial charge in [-0.2, -0.15) is 5.26 Å². The van der Waals surface area contributed by atoms with E-state index in [9.17, 15) is 5.26 Å². The van der Waals surface area contributed by atoms with E-state index >= 15 is 0 Å². The van der Waals surface area contributed by atoms with Gasteiger partial charge < -0.3 is 11.1 Å². The Kier molecular flexibility index (Phi) is 3.93. The monoisotopic (exact) mass is 325 g/mol. The van der Waals surface area contributed by atoms with E-state index in [1.807, 2.05) is 24.3 Å². The molecule has 2 atom stereocenters. The Morgan fingerprint density at radius 1 is 1.39 bits per heavy atom. The summed E-state index contributed by atoms with van der Waals surface area (Å²) in [5.41, 5.74) is 7.71. The van der Waals surface area contributed by atoms with Gasteiger partial charge in [0.25, 0.3) is 0 Å². The normalized spacial score (nSPS) is 22.6. The Bertz CT molecular complexity index is 811. The number of hydrogen-bond acceptors (Lipinski definition) is 5. The molecule has 2 heterocycles. The summed E-state index contributed by atoms with van der Waals surface area (Å²) in [4.78, 5) is 8.34. The molecule has 0 fully saturated rings. The van der Waals surface area contributed by atoms with Gasteiger partial charge >= 0.3 is 0 Å². The van der Waals surface area contributed by atoms with Gasteiger partial charge in [0, 0.05) is 11.1 Å². The second-order valence-corrected chi connectivity index (χ2v) is 5.84. The lowest BCUT2D eigenvalue weighted by Crippen LogP contribution is -2.44. The average Bonchev–Trinajstić information content (AvgIpc) is 2.99. The molecule has 1 aromatic heterocycles. The minimum absolute atomic E-state index is 0.361. The van der Waals surface area contributed by atoms with Crippen LogP contribution < -0.4 is 11.1 Å². The lowest BCUT2D eigenvalue weighted by Gasteiger charge is -2.35. The van der Waals surface area contributed by atoms with Crippen LogP contribution in [0.25, 0.3) is 0 Å². The number of nitrogen functional groups attached to an aromatic ring is 1. The molecule has 2 unspecified atom stereocenters. The van der Waals surface area contributed by atoms with Gasteiger partial charge in [0.2, 0.25) is 0 Å². The highest BCUT2D eigenvalue weighted by molar-refractivity contribution is 6.30. The van der Waals surface area contributed by atoms with Crippen LogP contribution in [-0.2, 0) is 12.0 Å². The largest absolute Gasteiger partial charge is 0.384 e. The molecule has 0 radical (unpaired) electrons. The van der Waals surface area contributed by atoms with Gasteiger partial charge in [0.1, 0.15) is 17.7 Å². The maximum Gasteiger partial charge on any atom is 0.127 e. The number of rotatable bonds is 3. The zero-order chi connectivity index (χ0) is 16.4. The molecule has 23 heavy (non-hydrogen) atoms. The maximum atomic E-state index is 9.68. The van der Waals surface area contributed by atoms with Crippen LogP contribution in [0.3, 0.4) is 0 Å². The van der Waals surface area contributed by atoms with E-state index in [1.54, 1.807) is 12.3 Å². The highest BCUT2D eigenvalue weighted by Crippen LogP contribution is 2.42. The molecule has 3 N–H and O–H groups in total. The Morgan fingerprint density at radius 2 is 2.22 bits per heavy atom. The van der Waals surface area contributed by atoms with Gasteiger partial charge in [-0.05, 0) is 42.0 Å². The fraction of sp³-hybridized carbons (Fsp3) is 0.235. The highest BCUT2D eigenvalue weighted by Gasteiger charge is 2.46. The first-order valence-electron chi connectivity index (χ1n) is 7.32. The summed E-state index contributed by atoms with van der Waals surface area (Å²) in [6, 6.07) is 9.78. The predicted molar refractivity (Wildman–Crippen MR) is 89.4 cm³/mol. The van der Waals surface area contributed by atoms with Crippen LogP contribution in [0.15, 0.2) is 42.9 Å². The van der Waals surface area contributed by atoms with Gasteiger partial charge in [0.05, 0.1) is 17.7 Å². The third-order valence-corrected chi connectivity index (χ3v) is 4.41. The van der Waals surface area contributed by atoms with Crippen molar-refractivity contribution in [3.63, 3.8) is 0 Å². The lowest BCUT2D eigenvalue weighted by atomic mass is 9.75. The molecule has 0 aliphatic carbocycles. The van der Waals surface area contributed by atoms with Crippen LogP contribution in [-0.4, -0.2) is 9.97 Å². The SMILES string of the molecule is CCc1ccc(Cl)cc1C1(c2cc(N)ncn2)NC=CC1C#N. The number of nitrogens with zero attached hydrogens (tertiary/aromatic N) is 3. The van der Waals surface area contributed by atoms with Crippen molar-refractivity contribution in [2.75, 3.05) is 5.73 Å². The number of nitrogens with two attached hydrogens (primary N) is 1. The molecule has 0 spiro atoms. The molecular weight excluding hydrogens is 310 g/mol. The first kappa shape index (κ1) is 15.3. The van der Waals surface area contributed by atoms with Crippen molar-refractivity contribution in [3.8, 4) is 6.07 Å². The molecule has 3 rings (SSSR count). The summed E-state index contributed by atoms with van der Waals surface area (Å²) < 4.78 is 0. The van der Waals surface area contributed by atoms with E-state index in [1.165, 1.54) is 6.33 Å². The van der Waals surface area contributed by atoms with Crippen LogP contribution in [0.4, 0.5) is 5.82 Å².